The maximum absolute atomic E-state index is 13.6. The van der Waals surface area contributed by atoms with Crippen molar-refractivity contribution in [2.75, 3.05) is 31.2 Å². The Hall–Kier alpha value is -2.95. The van der Waals surface area contributed by atoms with Gasteiger partial charge in [0.1, 0.15) is 10.7 Å². The van der Waals surface area contributed by atoms with Crippen molar-refractivity contribution in [3.8, 4) is 0 Å². The summed E-state index contributed by atoms with van der Waals surface area (Å²) in [6, 6.07) is 10.2. The molecule has 5 nitrogen and oxygen atoms in total. The van der Waals surface area contributed by atoms with Gasteiger partial charge in [-0.3, -0.25) is 0 Å². The third kappa shape index (κ3) is 3.44. The highest BCUT2D eigenvalue weighted by atomic mass is 32.1. The molecule has 0 radical (unpaired) electrons. The lowest BCUT2D eigenvalue weighted by Gasteiger charge is -2.28. The van der Waals surface area contributed by atoms with Crippen LogP contribution in [0.15, 0.2) is 36.4 Å². The zero-order valence-electron chi connectivity index (χ0n) is 14.9. The molecule has 4 rings (SSSR count). The molecular weight excluding hydrogens is 379 g/mol. The average molecular weight is 396 g/mol. The molecule has 0 spiro atoms. The fraction of sp³-hybridized carbons (Fsp3) is 0.238. The molecule has 0 aliphatic carbocycles. The normalized spacial score (nSPS) is 14.2. The summed E-state index contributed by atoms with van der Waals surface area (Å²) >= 11 is 1.15. The lowest BCUT2D eigenvalue weighted by atomic mass is 10.0. The fourth-order valence-corrected chi connectivity index (χ4v) is 4.61. The number of hydrogen-bond acceptors (Lipinski definition) is 4. The quantitative estimate of drug-likeness (QED) is 0.649. The Morgan fingerprint density at radius 2 is 1.96 bits per heavy atom. The first-order valence-corrected chi connectivity index (χ1v) is 9.66. The van der Waals surface area contributed by atoms with Gasteiger partial charge in [-0.25, -0.2) is 14.0 Å². The molecule has 2 aromatic carbocycles. The molecule has 1 aliphatic heterocycles. The summed E-state index contributed by atoms with van der Waals surface area (Å²) in [5, 5.41) is 12.1. The molecule has 28 heavy (non-hydrogen) atoms. The van der Waals surface area contributed by atoms with Crippen LogP contribution in [0.5, 0.6) is 0 Å². The van der Waals surface area contributed by atoms with Crippen molar-refractivity contribution in [3.05, 3.63) is 69.6 Å². The van der Waals surface area contributed by atoms with Crippen molar-refractivity contribution in [2.45, 2.75) is 6.42 Å². The van der Waals surface area contributed by atoms with Gasteiger partial charge in [0.05, 0.1) is 24.8 Å². The van der Waals surface area contributed by atoms with Crippen molar-refractivity contribution in [1.29, 1.82) is 0 Å². The number of nitrogens with zero attached hydrogens (tertiary/aromatic N) is 2. The molecular formula is C21H17FN2O3S. The van der Waals surface area contributed by atoms with Gasteiger partial charge in [-0.15, -0.1) is 11.3 Å². The molecule has 0 saturated carbocycles. The number of anilines is 1. The van der Waals surface area contributed by atoms with Crippen LogP contribution in [0, 0.1) is 12.4 Å². The minimum Gasteiger partial charge on any atom is -0.477 e. The molecule has 1 aliphatic rings. The van der Waals surface area contributed by atoms with Crippen molar-refractivity contribution in [1.82, 2.24) is 0 Å². The first kappa shape index (κ1) is 18.4. The van der Waals surface area contributed by atoms with E-state index in [1.165, 1.54) is 12.1 Å². The van der Waals surface area contributed by atoms with Crippen molar-refractivity contribution >= 4 is 38.8 Å². The summed E-state index contributed by atoms with van der Waals surface area (Å²) in [6.45, 7) is 10.0. The SMILES string of the molecule is [C-]#[N+]c1c(N2CCOCC2)sc(C(=O)O)c1Cc1ccc2ccc(F)cc2c1. The van der Waals surface area contributed by atoms with Gasteiger partial charge in [0.15, 0.2) is 0 Å². The number of ether oxygens (including phenoxy) is 1. The number of benzene rings is 2. The van der Waals surface area contributed by atoms with Crippen LogP contribution >= 0.6 is 11.3 Å². The third-order valence-electron chi connectivity index (χ3n) is 4.81. The highest BCUT2D eigenvalue weighted by Gasteiger charge is 2.26. The van der Waals surface area contributed by atoms with Crippen LogP contribution in [0.2, 0.25) is 0 Å². The number of hydrogen-bond donors (Lipinski definition) is 1. The Morgan fingerprint density at radius 3 is 2.68 bits per heavy atom. The molecule has 1 aromatic heterocycles. The number of carboxylic acid groups (broad SMARTS) is 1. The van der Waals surface area contributed by atoms with Gasteiger partial charge < -0.3 is 14.7 Å². The molecule has 1 saturated heterocycles. The number of carbonyl (C=O) groups is 1. The van der Waals surface area contributed by atoms with E-state index in [9.17, 15) is 14.3 Å². The predicted molar refractivity (Wildman–Crippen MR) is 107 cm³/mol. The highest BCUT2D eigenvalue weighted by Crippen LogP contribution is 2.44. The maximum Gasteiger partial charge on any atom is 0.344 e. The monoisotopic (exact) mass is 396 g/mol. The van der Waals surface area contributed by atoms with Crippen LogP contribution < -0.4 is 4.90 Å². The summed E-state index contributed by atoms with van der Waals surface area (Å²) < 4.78 is 18.9. The van der Waals surface area contributed by atoms with Crippen molar-refractivity contribution in [2.24, 2.45) is 0 Å². The highest BCUT2D eigenvalue weighted by molar-refractivity contribution is 7.18. The predicted octanol–water partition coefficient (Wildman–Crippen LogP) is 4.72. The molecule has 0 bridgehead atoms. The molecule has 0 unspecified atom stereocenters. The van der Waals surface area contributed by atoms with Gasteiger partial charge in [-0.1, -0.05) is 24.3 Å². The number of aromatic carboxylic acids is 1. The van der Waals surface area contributed by atoms with Crippen LogP contribution in [0.25, 0.3) is 15.6 Å². The van der Waals surface area contributed by atoms with Crippen LogP contribution in [0.1, 0.15) is 20.8 Å². The zero-order valence-corrected chi connectivity index (χ0v) is 15.8. The van der Waals surface area contributed by atoms with Gasteiger partial charge in [0.2, 0.25) is 5.69 Å². The second kappa shape index (κ2) is 7.58. The van der Waals surface area contributed by atoms with Crippen LogP contribution in [-0.4, -0.2) is 37.4 Å². The third-order valence-corrected chi connectivity index (χ3v) is 6.08. The summed E-state index contributed by atoms with van der Waals surface area (Å²) in [6.07, 6.45) is 0.312. The minimum atomic E-state index is -1.03. The second-order valence-electron chi connectivity index (χ2n) is 6.58. The Labute approximate surface area is 165 Å². The van der Waals surface area contributed by atoms with E-state index in [1.807, 2.05) is 23.1 Å². The molecule has 1 N–H and O–H groups in total. The van der Waals surface area contributed by atoms with Gasteiger partial charge in [-0.05, 0) is 40.5 Å². The molecule has 1 fully saturated rings. The van der Waals surface area contributed by atoms with E-state index in [0.29, 0.717) is 49.0 Å². The number of carboxylic acids is 1. The van der Waals surface area contributed by atoms with E-state index in [1.54, 1.807) is 6.07 Å². The van der Waals surface area contributed by atoms with E-state index in [2.05, 4.69) is 4.85 Å². The summed E-state index contributed by atoms with van der Waals surface area (Å²) in [5.41, 5.74) is 1.75. The molecule has 2 heterocycles. The molecule has 0 atom stereocenters. The van der Waals surface area contributed by atoms with Crippen LogP contribution in [0.4, 0.5) is 15.1 Å². The smallest absolute Gasteiger partial charge is 0.344 e. The lowest BCUT2D eigenvalue weighted by molar-refractivity contribution is 0.0701. The summed E-state index contributed by atoms with van der Waals surface area (Å²) in [4.78, 5) is 17.7. The first-order valence-electron chi connectivity index (χ1n) is 8.84. The van der Waals surface area contributed by atoms with Gasteiger partial charge in [0, 0.05) is 13.1 Å². The largest absolute Gasteiger partial charge is 0.477 e. The number of fused-ring (bicyclic) bond motifs is 1. The molecule has 142 valence electrons. The topological polar surface area (TPSA) is 54.1 Å². The van der Waals surface area contributed by atoms with Crippen LogP contribution in [-0.2, 0) is 11.2 Å². The summed E-state index contributed by atoms with van der Waals surface area (Å²) in [5.74, 6) is -1.35. The standard InChI is InChI=1S/C21H17FN2O3S/c1-23-18-17(11-13-2-3-14-4-5-16(22)12-15(14)10-13)19(21(25)26)28-20(18)24-6-8-27-9-7-24/h2-5,10,12H,6-9,11H2,(H,25,26). The Morgan fingerprint density at radius 1 is 1.21 bits per heavy atom. The molecule has 7 heteroatoms. The van der Waals surface area contributed by atoms with Gasteiger partial charge >= 0.3 is 5.97 Å². The molecule has 0 amide bonds. The van der Waals surface area contributed by atoms with E-state index in [0.717, 1.165) is 27.7 Å². The van der Waals surface area contributed by atoms with E-state index >= 15 is 0 Å². The van der Waals surface area contributed by atoms with Gasteiger partial charge in [-0.2, -0.15) is 0 Å². The summed E-state index contributed by atoms with van der Waals surface area (Å²) in [7, 11) is 0. The second-order valence-corrected chi connectivity index (χ2v) is 7.58. The minimum absolute atomic E-state index is 0.187. The lowest BCUT2D eigenvalue weighted by Crippen LogP contribution is -2.35. The van der Waals surface area contributed by atoms with Gasteiger partial charge in [0.25, 0.3) is 0 Å². The Kier molecular flexibility index (Phi) is 4.99. The number of morpholine rings is 1. The number of rotatable bonds is 4. The van der Waals surface area contributed by atoms with Crippen LogP contribution in [0.3, 0.4) is 0 Å². The number of halogens is 1. The zero-order chi connectivity index (χ0) is 19.7. The Balaban J connectivity index is 1.77. The van der Waals surface area contributed by atoms with Crippen molar-refractivity contribution in [3.63, 3.8) is 0 Å². The maximum atomic E-state index is 13.6. The fourth-order valence-electron chi connectivity index (χ4n) is 3.46. The van der Waals surface area contributed by atoms with Crippen molar-refractivity contribution < 1.29 is 19.0 Å². The first-order chi connectivity index (χ1) is 13.6. The van der Waals surface area contributed by atoms with E-state index in [4.69, 9.17) is 11.3 Å². The Bertz CT molecular complexity index is 1100. The average Bonchev–Trinajstić information content (AvgIpc) is 3.07. The van der Waals surface area contributed by atoms with E-state index < -0.39 is 5.97 Å². The number of thiophene rings is 1. The molecule has 3 aromatic rings. The van der Waals surface area contributed by atoms with E-state index in [-0.39, 0.29) is 10.7 Å².